The van der Waals surface area contributed by atoms with Crippen LogP contribution < -0.4 is 0 Å². The van der Waals surface area contributed by atoms with E-state index in [0.29, 0.717) is 30.5 Å². The van der Waals surface area contributed by atoms with Gasteiger partial charge in [-0.3, -0.25) is 9.00 Å². The van der Waals surface area contributed by atoms with E-state index in [-0.39, 0.29) is 10.5 Å². The van der Waals surface area contributed by atoms with Crippen LogP contribution in [0.4, 0.5) is 0 Å². The minimum Gasteiger partial charge on any atom is -0.300 e. The van der Waals surface area contributed by atoms with E-state index in [4.69, 9.17) is 0 Å². The lowest BCUT2D eigenvalue weighted by Gasteiger charge is -2.33. The Labute approximate surface area is 95.3 Å². The van der Waals surface area contributed by atoms with Gasteiger partial charge in [-0.25, -0.2) is 0 Å². The molecule has 0 saturated heterocycles. The Balaban J connectivity index is 2.79. The maximum atomic E-state index is 12.1. The molecule has 2 nitrogen and oxygen atoms in total. The Bertz CT molecular complexity index is 258. The van der Waals surface area contributed by atoms with Gasteiger partial charge < -0.3 is 0 Å². The summed E-state index contributed by atoms with van der Waals surface area (Å²) < 4.78 is 12.1. The summed E-state index contributed by atoms with van der Waals surface area (Å²) in [5.74, 6) is 1.29. The van der Waals surface area contributed by atoms with E-state index in [1.165, 1.54) is 0 Å². The lowest BCUT2D eigenvalue weighted by Crippen LogP contribution is -2.38. The molecule has 0 N–H and O–H groups in total. The zero-order valence-electron chi connectivity index (χ0n) is 10.2. The van der Waals surface area contributed by atoms with Crippen molar-refractivity contribution in [1.29, 1.82) is 0 Å². The molecule has 15 heavy (non-hydrogen) atoms. The number of rotatable bonds is 3. The largest absolute Gasteiger partial charge is 0.300 e. The second-order valence-corrected chi connectivity index (χ2v) is 7.31. The van der Waals surface area contributed by atoms with Crippen LogP contribution in [-0.2, 0) is 15.6 Å². The highest BCUT2D eigenvalue weighted by molar-refractivity contribution is 7.86. The Morgan fingerprint density at radius 2 is 1.87 bits per heavy atom. The van der Waals surface area contributed by atoms with Gasteiger partial charge in [0.05, 0.1) is 0 Å². The van der Waals surface area contributed by atoms with Crippen LogP contribution in [0.2, 0.25) is 0 Å². The van der Waals surface area contributed by atoms with Crippen LogP contribution in [0.3, 0.4) is 0 Å². The Morgan fingerprint density at radius 1 is 1.27 bits per heavy atom. The summed E-state index contributed by atoms with van der Waals surface area (Å²) in [5, 5.41) is 0.272. The Kier molecular flexibility index (Phi) is 4.50. The lowest BCUT2D eigenvalue weighted by molar-refractivity contribution is -0.121. The molecule has 0 bridgehead atoms. The van der Waals surface area contributed by atoms with Crippen LogP contribution in [-0.4, -0.2) is 20.5 Å². The number of hydrogen-bond donors (Lipinski definition) is 0. The fourth-order valence-corrected chi connectivity index (χ4v) is 4.20. The van der Waals surface area contributed by atoms with Crippen molar-refractivity contribution in [2.45, 2.75) is 57.5 Å². The van der Waals surface area contributed by atoms with E-state index in [1.54, 1.807) is 0 Å². The van der Waals surface area contributed by atoms with Crippen molar-refractivity contribution in [3.63, 3.8) is 0 Å². The number of carbonyl (C=O) groups excluding carboxylic acids is 1. The third kappa shape index (κ3) is 3.13. The number of Topliss-reactive ketones (excluding diaryl/α,β-unsaturated/α-hetero) is 1. The second-order valence-electron chi connectivity index (χ2n) is 5.11. The predicted octanol–water partition coefficient (Wildman–Crippen LogP) is 2.54. The molecule has 0 aromatic heterocycles. The number of ketones is 1. The van der Waals surface area contributed by atoms with Crippen molar-refractivity contribution in [3.05, 3.63) is 0 Å². The molecule has 1 saturated carbocycles. The average molecular weight is 230 g/mol. The van der Waals surface area contributed by atoms with Crippen LogP contribution >= 0.6 is 0 Å². The molecule has 1 aliphatic rings. The second kappa shape index (κ2) is 5.24. The van der Waals surface area contributed by atoms with E-state index in [9.17, 15) is 9.00 Å². The van der Waals surface area contributed by atoms with Gasteiger partial charge in [-0.05, 0) is 18.3 Å². The standard InChI is InChI=1S/C12H22O2S/c1-8(2)11-6-5-10(13)7-12(11)15(14)9(3)4/h8-9,11-12H,5-7H2,1-4H3. The van der Waals surface area contributed by atoms with Crippen LogP contribution in [0.1, 0.15) is 47.0 Å². The first kappa shape index (κ1) is 12.9. The molecule has 3 unspecified atom stereocenters. The molecule has 0 amide bonds. The first-order valence-electron chi connectivity index (χ1n) is 5.84. The SMILES string of the molecule is CC(C)C1CCC(=O)CC1S(=O)C(C)C. The summed E-state index contributed by atoms with van der Waals surface area (Å²) >= 11 is 0. The molecule has 3 atom stereocenters. The normalized spacial score (nSPS) is 29.9. The van der Waals surface area contributed by atoms with Gasteiger partial charge in [-0.1, -0.05) is 27.7 Å². The summed E-state index contributed by atoms with van der Waals surface area (Å²) in [5.41, 5.74) is 0. The zero-order valence-corrected chi connectivity index (χ0v) is 11.0. The van der Waals surface area contributed by atoms with Crippen molar-refractivity contribution in [2.75, 3.05) is 0 Å². The topological polar surface area (TPSA) is 34.1 Å². The van der Waals surface area contributed by atoms with Gasteiger partial charge in [0.1, 0.15) is 5.78 Å². The van der Waals surface area contributed by atoms with Crippen LogP contribution in [0.25, 0.3) is 0 Å². The molecular formula is C12H22O2S. The quantitative estimate of drug-likeness (QED) is 0.746. The van der Waals surface area contributed by atoms with Gasteiger partial charge in [-0.15, -0.1) is 0 Å². The van der Waals surface area contributed by atoms with E-state index in [1.807, 2.05) is 13.8 Å². The highest BCUT2D eigenvalue weighted by atomic mass is 32.2. The maximum absolute atomic E-state index is 12.1. The highest BCUT2D eigenvalue weighted by Crippen LogP contribution is 2.32. The minimum absolute atomic E-state index is 0.103. The summed E-state index contributed by atoms with van der Waals surface area (Å²) in [6.45, 7) is 8.30. The van der Waals surface area contributed by atoms with E-state index in [2.05, 4.69) is 13.8 Å². The highest BCUT2D eigenvalue weighted by Gasteiger charge is 2.35. The Morgan fingerprint density at radius 3 is 2.33 bits per heavy atom. The smallest absolute Gasteiger partial charge is 0.134 e. The molecule has 0 aromatic carbocycles. The first-order valence-corrected chi connectivity index (χ1v) is 7.12. The molecule has 0 radical (unpaired) electrons. The molecule has 0 aromatic rings. The molecule has 3 heteroatoms. The minimum atomic E-state index is -0.850. The van der Waals surface area contributed by atoms with Crippen LogP contribution in [0.15, 0.2) is 0 Å². The van der Waals surface area contributed by atoms with E-state index in [0.717, 1.165) is 6.42 Å². The predicted molar refractivity (Wildman–Crippen MR) is 64.3 cm³/mol. The third-order valence-corrected chi connectivity index (χ3v) is 5.32. The molecule has 0 heterocycles. The molecule has 0 spiro atoms. The fraction of sp³-hybridized carbons (Fsp3) is 0.917. The van der Waals surface area contributed by atoms with Gasteiger partial charge in [0, 0.05) is 34.1 Å². The van der Waals surface area contributed by atoms with Crippen molar-refractivity contribution in [2.24, 2.45) is 11.8 Å². The number of carbonyl (C=O) groups is 1. The molecule has 88 valence electrons. The summed E-state index contributed by atoms with van der Waals surface area (Å²) in [7, 11) is -0.850. The Hall–Kier alpha value is -0.180. The van der Waals surface area contributed by atoms with Gasteiger partial charge in [0.25, 0.3) is 0 Å². The first-order chi connectivity index (χ1) is 6.93. The third-order valence-electron chi connectivity index (χ3n) is 3.28. The van der Waals surface area contributed by atoms with Crippen LogP contribution in [0, 0.1) is 11.8 Å². The molecule has 1 aliphatic carbocycles. The molecule has 1 rings (SSSR count). The molecule has 1 fully saturated rings. The van der Waals surface area contributed by atoms with Crippen molar-refractivity contribution >= 4 is 16.6 Å². The summed E-state index contributed by atoms with van der Waals surface area (Å²) in [6, 6.07) is 0. The van der Waals surface area contributed by atoms with Crippen molar-refractivity contribution in [1.82, 2.24) is 0 Å². The molecular weight excluding hydrogens is 208 g/mol. The van der Waals surface area contributed by atoms with Crippen LogP contribution in [0.5, 0.6) is 0 Å². The van der Waals surface area contributed by atoms with Crippen molar-refractivity contribution in [3.8, 4) is 0 Å². The van der Waals surface area contributed by atoms with Gasteiger partial charge >= 0.3 is 0 Å². The number of hydrogen-bond acceptors (Lipinski definition) is 2. The van der Waals surface area contributed by atoms with Gasteiger partial charge in [-0.2, -0.15) is 0 Å². The van der Waals surface area contributed by atoms with E-state index < -0.39 is 10.8 Å². The monoisotopic (exact) mass is 230 g/mol. The lowest BCUT2D eigenvalue weighted by atomic mass is 9.81. The average Bonchev–Trinajstić information content (AvgIpc) is 2.15. The molecule has 0 aliphatic heterocycles. The van der Waals surface area contributed by atoms with Gasteiger partial charge in [0.15, 0.2) is 0 Å². The summed E-state index contributed by atoms with van der Waals surface area (Å²) in [4.78, 5) is 11.4. The van der Waals surface area contributed by atoms with E-state index >= 15 is 0 Å². The van der Waals surface area contributed by atoms with Crippen molar-refractivity contribution < 1.29 is 9.00 Å². The van der Waals surface area contributed by atoms with Gasteiger partial charge in [0.2, 0.25) is 0 Å². The zero-order chi connectivity index (χ0) is 11.6. The summed E-state index contributed by atoms with van der Waals surface area (Å²) in [6.07, 6.45) is 2.15. The fourth-order valence-electron chi connectivity index (χ4n) is 2.36. The maximum Gasteiger partial charge on any atom is 0.134 e.